The van der Waals surface area contributed by atoms with Gasteiger partial charge in [0.2, 0.25) is 0 Å². The van der Waals surface area contributed by atoms with Gasteiger partial charge < -0.3 is 5.32 Å². The van der Waals surface area contributed by atoms with E-state index in [4.69, 9.17) is 11.6 Å². The Morgan fingerprint density at radius 1 is 1.00 bits per heavy atom. The summed E-state index contributed by atoms with van der Waals surface area (Å²) < 4.78 is 3.29. The molecule has 1 heterocycles. The molecule has 32 heavy (non-hydrogen) atoms. The van der Waals surface area contributed by atoms with Gasteiger partial charge in [-0.1, -0.05) is 41.9 Å². The van der Waals surface area contributed by atoms with E-state index in [-0.39, 0.29) is 17.2 Å². The number of nitrogens with zero attached hydrogens (tertiary/aromatic N) is 2. The number of carbonyl (C=O) groups is 1. The predicted molar refractivity (Wildman–Crippen MR) is 131 cm³/mol. The van der Waals surface area contributed by atoms with Gasteiger partial charge in [0.15, 0.2) is 0 Å². The van der Waals surface area contributed by atoms with Gasteiger partial charge in [-0.25, -0.2) is 4.68 Å². The van der Waals surface area contributed by atoms with E-state index in [2.05, 4.69) is 5.32 Å². The first-order valence-corrected chi connectivity index (χ1v) is 11.4. The Morgan fingerprint density at radius 3 is 2.44 bits per heavy atom. The van der Waals surface area contributed by atoms with Crippen LogP contribution >= 0.6 is 23.4 Å². The number of halogens is 1. The first-order valence-electron chi connectivity index (χ1n) is 10.1. The Labute approximate surface area is 195 Å². The molecule has 0 bridgehead atoms. The number of hydrogen-bond acceptors (Lipinski definition) is 3. The van der Waals surface area contributed by atoms with E-state index in [9.17, 15) is 9.59 Å². The number of carbonyl (C=O) groups excluding carboxylic acids is 1. The summed E-state index contributed by atoms with van der Waals surface area (Å²) in [6.45, 7) is 1.82. The van der Waals surface area contributed by atoms with Gasteiger partial charge in [-0.2, -0.15) is 0 Å². The lowest BCUT2D eigenvalue weighted by molar-refractivity contribution is 0.102. The number of rotatable bonds is 6. The summed E-state index contributed by atoms with van der Waals surface area (Å²) >= 11 is 7.61. The Balaban J connectivity index is 1.53. The van der Waals surface area contributed by atoms with E-state index >= 15 is 0 Å². The van der Waals surface area contributed by atoms with Crippen LogP contribution < -0.4 is 10.9 Å². The maximum atomic E-state index is 13.0. The van der Waals surface area contributed by atoms with Gasteiger partial charge in [-0.3, -0.25) is 14.3 Å². The van der Waals surface area contributed by atoms with Crippen molar-refractivity contribution in [2.75, 3.05) is 5.32 Å². The van der Waals surface area contributed by atoms with Crippen LogP contribution in [0.2, 0.25) is 5.02 Å². The van der Waals surface area contributed by atoms with E-state index in [0.717, 1.165) is 16.1 Å². The van der Waals surface area contributed by atoms with E-state index < -0.39 is 0 Å². The highest BCUT2D eigenvalue weighted by atomic mass is 35.5. The Bertz CT molecular complexity index is 1310. The van der Waals surface area contributed by atoms with Gasteiger partial charge in [0.25, 0.3) is 11.5 Å². The third-order valence-electron chi connectivity index (χ3n) is 5.20. The second kappa shape index (κ2) is 9.51. The molecule has 0 aliphatic heterocycles. The first kappa shape index (κ1) is 22.0. The smallest absolute Gasteiger partial charge is 0.295 e. The van der Waals surface area contributed by atoms with Crippen molar-refractivity contribution in [1.82, 2.24) is 9.36 Å². The van der Waals surface area contributed by atoms with E-state index in [0.29, 0.717) is 22.0 Å². The lowest BCUT2D eigenvalue weighted by Gasteiger charge is -2.07. The number of para-hydroxylation sites is 1. The van der Waals surface area contributed by atoms with Crippen LogP contribution in [0.4, 0.5) is 5.69 Å². The molecule has 0 aliphatic carbocycles. The number of hydrogen-bond donors (Lipinski definition) is 1. The zero-order valence-electron chi connectivity index (χ0n) is 17.7. The quantitative estimate of drug-likeness (QED) is 0.374. The van der Waals surface area contributed by atoms with Gasteiger partial charge in [0.05, 0.1) is 11.4 Å². The highest BCUT2D eigenvalue weighted by Crippen LogP contribution is 2.25. The predicted octanol–water partition coefficient (Wildman–Crippen LogP) is 5.68. The monoisotopic (exact) mass is 463 g/mol. The zero-order valence-corrected chi connectivity index (χ0v) is 19.3. The second-order valence-corrected chi connectivity index (χ2v) is 8.82. The molecule has 3 aromatic carbocycles. The number of amides is 1. The summed E-state index contributed by atoms with van der Waals surface area (Å²) in [5, 5.41) is 3.52. The van der Waals surface area contributed by atoms with Crippen molar-refractivity contribution in [3.05, 3.63) is 111 Å². The van der Waals surface area contributed by atoms with Crippen molar-refractivity contribution < 1.29 is 4.79 Å². The van der Waals surface area contributed by atoms with Gasteiger partial charge >= 0.3 is 0 Å². The van der Waals surface area contributed by atoms with Crippen LogP contribution in [0.15, 0.2) is 88.6 Å². The molecule has 0 unspecified atom stereocenters. The minimum absolute atomic E-state index is 0.265. The fraction of sp³-hybridized carbons (Fsp3) is 0.120. The zero-order chi connectivity index (χ0) is 22.7. The normalized spacial score (nSPS) is 10.8. The maximum Gasteiger partial charge on any atom is 0.295 e. The Kier molecular flexibility index (Phi) is 6.53. The summed E-state index contributed by atoms with van der Waals surface area (Å²) in [5.74, 6) is 0.405. The number of anilines is 1. The minimum atomic E-state index is -0.311. The number of aromatic nitrogens is 2. The molecule has 4 aromatic rings. The van der Waals surface area contributed by atoms with Crippen LogP contribution in [-0.2, 0) is 12.8 Å². The molecule has 1 N–H and O–H groups in total. The highest BCUT2D eigenvalue weighted by Gasteiger charge is 2.19. The SMILES string of the molecule is Cc1c(NC(=O)c2cccc(CSc3ccc(Cl)cc3)c2)c(=O)n(-c2ccccc2)n1C. The third kappa shape index (κ3) is 4.66. The van der Waals surface area contributed by atoms with Crippen LogP contribution in [0.3, 0.4) is 0 Å². The molecule has 0 radical (unpaired) electrons. The summed E-state index contributed by atoms with van der Waals surface area (Å²) in [5.41, 5.74) is 2.96. The Morgan fingerprint density at radius 2 is 1.72 bits per heavy atom. The van der Waals surface area contributed by atoms with E-state index in [1.807, 2.05) is 79.7 Å². The van der Waals surface area contributed by atoms with Crippen molar-refractivity contribution in [1.29, 1.82) is 0 Å². The fourth-order valence-electron chi connectivity index (χ4n) is 3.40. The number of nitrogens with one attached hydrogen (secondary N) is 1. The molecule has 5 nitrogen and oxygen atoms in total. The Hall–Kier alpha value is -3.22. The molecule has 1 amide bonds. The summed E-state index contributed by atoms with van der Waals surface area (Å²) in [7, 11) is 1.80. The van der Waals surface area contributed by atoms with Crippen molar-refractivity contribution in [2.45, 2.75) is 17.6 Å². The van der Waals surface area contributed by atoms with Crippen molar-refractivity contribution in [2.24, 2.45) is 7.05 Å². The molecule has 0 aliphatic rings. The molecule has 0 fully saturated rings. The van der Waals surface area contributed by atoms with Crippen molar-refractivity contribution in [3.8, 4) is 5.69 Å². The van der Waals surface area contributed by atoms with Crippen LogP contribution in [0.1, 0.15) is 21.6 Å². The van der Waals surface area contributed by atoms with Crippen LogP contribution in [0.25, 0.3) is 5.69 Å². The molecular weight excluding hydrogens is 442 g/mol. The maximum absolute atomic E-state index is 13.0. The average molecular weight is 464 g/mol. The van der Waals surface area contributed by atoms with Crippen molar-refractivity contribution >= 4 is 35.0 Å². The molecule has 0 saturated carbocycles. The fourth-order valence-corrected chi connectivity index (χ4v) is 4.37. The average Bonchev–Trinajstić information content (AvgIpc) is 3.02. The van der Waals surface area contributed by atoms with Gasteiger partial charge in [0, 0.05) is 28.3 Å². The summed E-state index contributed by atoms with van der Waals surface area (Å²) in [4.78, 5) is 27.1. The van der Waals surface area contributed by atoms with Gasteiger partial charge in [-0.15, -0.1) is 11.8 Å². The molecule has 0 atom stereocenters. The highest BCUT2D eigenvalue weighted by molar-refractivity contribution is 7.98. The number of benzene rings is 3. The van der Waals surface area contributed by atoms with Crippen LogP contribution in [-0.4, -0.2) is 15.3 Å². The molecule has 162 valence electrons. The lowest BCUT2D eigenvalue weighted by Crippen LogP contribution is -2.23. The van der Waals surface area contributed by atoms with E-state index in [1.165, 1.54) is 0 Å². The summed E-state index contributed by atoms with van der Waals surface area (Å²) in [6.07, 6.45) is 0. The third-order valence-corrected chi connectivity index (χ3v) is 6.54. The lowest BCUT2D eigenvalue weighted by atomic mass is 10.1. The van der Waals surface area contributed by atoms with Crippen molar-refractivity contribution in [3.63, 3.8) is 0 Å². The summed E-state index contributed by atoms with van der Waals surface area (Å²) in [6, 6.07) is 24.4. The largest absolute Gasteiger partial charge is 0.316 e. The van der Waals surface area contributed by atoms with Gasteiger partial charge in [0.1, 0.15) is 5.69 Å². The standard InChI is InChI=1S/C25H22ClN3O2S/c1-17-23(25(31)29(28(17)2)21-9-4-3-5-10-21)27-24(30)19-8-6-7-18(15-19)16-32-22-13-11-20(26)12-14-22/h3-15H,16H2,1-2H3,(H,27,30). The topological polar surface area (TPSA) is 56.0 Å². The van der Waals surface area contributed by atoms with E-state index in [1.54, 1.807) is 34.2 Å². The molecular formula is C25H22ClN3O2S. The molecule has 7 heteroatoms. The molecule has 0 saturated heterocycles. The minimum Gasteiger partial charge on any atom is -0.316 e. The van der Waals surface area contributed by atoms with Crippen LogP contribution in [0.5, 0.6) is 0 Å². The molecule has 0 spiro atoms. The van der Waals surface area contributed by atoms with Crippen LogP contribution in [0, 0.1) is 6.92 Å². The van der Waals surface area contributed by atoms with Gasteiger partial charge in [-0.05, 0) is 61.0 Å². The second-order valence-electron chi connectivity index (χ2n) is 7.33. The first-order chi connectivity index (χ1) is 15.4. The molecule has 1 aromatic heterocycles. The number of thioether (sulfide) groups is 1. The molecule has 4 rings (SSSR count).